The quantitative estimate of drug-likeness (QED) is 0.551. The Morgan fingerprint density at radius 2 is 1.76 bits per heavy atom. The molecule has 0 spiro atoms. The molecule has 94 valence electrons. The molecule has 0 aromatic carbocycles. The van der Waals surface area contributed by atoms with E-state index >= 15 is 0 Å². The van der Waals surface area contributed by atoms with Gasteiger partial charge < -0.3 is 5.11 Å². The molecule has 2 rings (SSSR count). The minimum atomic E-state index is -4.14. The topological polar surface area (TPSA) is 127 Å². The first-order valence-corrected chi connectivity index (χ1v) is 6.60. The number of hydrogen-bond donors (Lipinski definition) is 3. The summed E-state index contributed by atoms with van der Waals surface area (Å²) in [5.74, 6) is -4.07. The Morgan fingerprint density at radius 3 is 2.24 bits per heavy atom. The number of hydrogen-bond acceptors (Lipinski definition) is 4. The van der Waals surface area contributed by atoms with Gasteiger partial charge in [0.2, 0.25) is 5.91 Å². The summed E-state index contributed by atoms with van der Waals surface area (Å²) < 4.78 is 23.2. The van der Waals surface area contributed by atoms with Gasteiger partial charge >= 0.3 is 5.97 Å². The van der Waals surface area contributed by atoms with Crippen LogP contribution in [0.3, 0.4) is 0 Å². The Kier molecular flexibility index (Phi) is 2.70. The summed E-state index contributed by atoms with van der Waals surface area (Å²) in [6.07, 6.45) is 4.10. The number of rotatable bonds is 3. The molecular weight excluding hydrogens is 248 g/mol. The monoisotopic (exact) mass is 260 g/mol. The minimum Gasteiger partial charge on any atom is -0.481 e. The molecule has 1 amide bonds. The van der Waals surface area contributed by atoms with Crippen LogP contribution in [0.4, 0.5) is 0 Å². The summed E-state index contributed by atoms with van der Waals surface area (Å²) in [5.41, 5.74) is 0. The first-order valence-electron chi connectivity index (χ1n) is 5.05. The molecule has 1 fully saturated rings. The fraction of sp³-hybridized carbons (Fsp3) is 0.556. The molecule has 0 aliphatic heterocycles. The van der Waals surface area contributed by atoms with Crippen LogP contribution in [-0.2, 0) is 19.8 Å². The highest BCUT2D eigenvalue weighted by atomic mass is 32.2. The van der Waals surface area contributed by atoms with Gasteiger partial charge in [0.1, 0.15) is 0 Å². The molecule has 8 heteroatoms. The summed E-state index contributed by atoms with van der Waals surface area (Å²) in [7, 11) is -4.14. The minimum absolute atomic E-state index is 0.200. The van der Waals surface area contributed by atoms with Crippen LogP contribution in [0.2, 0.25) is 0 Å². The number of carbonyl (C=O) groups excluding carboxylic acids is 1. The van der Waals surface area contributed by atoms with E-state index < -0.39 is 33.9 Å². The van der Waals surface area contributed by atoms with Gasteiger partial charge in [-0.15, -0.1) is 0 Å². The number of carboxylic acid groups (broad SMARTS) is 1. The Labute approximate surface area is 97.9 Å². The lowest BCUT2D eigenvalue weighted by Crippen LogP contribution is -2.44. The van der Waals surface area contributed by atoms with Crippen LogP contribution in [0.25, 0.3) is 0 Å². The van der Waals surface area contributed by atoms with Gasteiger partial charge in [-0.3, -0.25) is 9.59 Å². The van der Waals surface area contributed by atoms with Crippen molar-refractivity contribution in [3.05, 3.63) is 12.2 Å². The van der Waals surface area contributed by atoms with Gasteiger partial charge in [-0.2, -0.15) is 8.42 Å². The molecule has 7 nitrogen and oxygen atoms in total. The lowest BCUT2D eigenvalue weighted by Gasteiger charge is -2.23. The molecule has 4 atom stereocenters. The molecule has 0 saturated heterocycles. The van der Waals surface area contributed by atoms with Crippen molar-refractivity contribution in [2.75, 3.05) is 0 Å². The van der Waals surface area contributed by atoms with Crippen LogP contribution in [0, 0.1) is 23.7 Å². The zero-order valence-corrected chi connectivity index (χ0v) is 9.55. The van der Waals surface area contributed by atoms with Crippen LogP contribution >= 0.6 is 0 Å². The normalized spacial score (nSPS) is 34.9. The maximum absolute atomic E-state index is 11.7. The maximum atomic E-state index is 11.7. The second-order valence-corrected chi connectivity index (χ2v) is 5.64. The molecule has 0 aromatic heterocycles. The number of carbonyl (C=O) groups is 2. The molecule has 0 unspecified atom stereocenters. The molecule has 2 aliphatic rings. The van der Waals surface area contributed by atoms with Gasteiger partial charge in [0, 0.05) is 0 Å². The van der Waals surface area contributed by atoms with E-state index in [9.17, 15) is 18.0 Å². The fourth-order valence-corrected chi connectivity index (χ4v) is 3.14. The van der Waals surface area contributed by atoms with Crippen molar-refractivity contribution in [2.24, 2.45) is 28.8 Å². The average Bonchev–Trinajstić information content (AvgIpc) is 2.72. The predicted molar refractivity (Wildman–Crippen MR) is 56.6 cm³/mol. The number of nitrogens with one attached hydrogen (secondary N) is 1. The summed E-state index contributed by atoms with van der Waals surface area (Å²) in [6, 6.07) is 0. The highest BCUT2D eigenvalue weighted by Gasteiger charge is 2.52. The standard InChI is InChI=1S/C9H12N2O5S/c10-17(15,16)11-8(12)6-4-1-2-5(3-4)7(6)9(13)14/h1-2,4-7H,3H2,(H,11,12)(H,13,14)(H2,10,15,16)/t4-,5-,6+,7+/m0/s1. The van der Waals surface area contributed by atoms with Gasteiger partial charge in [0.15, 0.2) is 0 Å². The number of aliphatic carboxylic acids is 1. The van der Waals surface area contributed by atoms with E-state index in [0.29, 0.717) is 6.42 Å². The van der Waals surface area contributed by atoms with E-state index in [1.807, 2.05) is 0 Å². The van der Waals surface area contributed by atoms with Crippen molar-refractivity contribution in [1.82, 2.24) is 4.72 Å². The van der Waals surface area contributed by atoms with Gasteiger partial charge in [0.05, 0.1) is 11.8 Å². The van der Waals surface area contributed by atoms with E-state index in [-0.39, 0.29) is 11.8 Å². The summed E-state index contributed by atoms with van der Waals surface area (Å²) >= 11 is 0. The maximum Gasteiger partial charge on any atom is 0.307 e. The van der Waals surface area contributed by atoms with E-state index in [1.54, 1.807) is 16.9 Å². The highest BCUT2D eigenvalue weighted by Crippen LogP contribution is 2.48. The van der Waals surface area contributed by atoms with Crippen LogP contribution in [0.1, 0.15) is 6.42 Å². The zero-order chi connectivity index (χ0) is 12.8. The number of carboxylic acids is 1. The van der Waals surface area contributed by atoms with Gasteiger partial charge in [0.25, 0.3) is 10.2 Å². The third-order valence-corrected chi connectivity index (χ3v) is 3.78. The first kappa shape index (κ1) is 12.1. The first-order chi connectivity index (χ1) is 7.79. The van der Waals surface area contributed by atoms with Crippen molar-refractivity contribution >= 4 is 22.1 Å². The molecule has 0 radical (unpaired) electrons. The number of fused-ring (bicyclic) bond motifs is 2. The Hall–Kier alpha value is -1.41. The van der Waals surface area contributed by atoms with Crippen LogP contribution in [0.15, 0.2) is 12.2 Å². The summed E-state index contributed by atoms with van der Waals surface area (Å²) in [6.45, 7) is 0. The summed E-state index contributed by atoms with van der Waals surface area (Å²) in [4.78, 5) is 22.8. The van der Waals surface area contributed by atoms with Crippen molar-refractivity contribution in [2.45, 2.75) is 6.42 Å². The molecule has 2 aliphatic carbocycles. The Balaban J connectivity index is 2.23. The number of allylic oxidation sites excluding steroid dienone is 2. The second kappa shape index (κ2) is 3.81. The van der Waals surface area contributed by atoms with Crippen molar-refractivity contribution < 1.29 is 23.1 Å². The van der Waals surface area contributed by atoms with E-state index in [1.165, 1.54) is 0 Å². The number of amides is 1. The van der Waals surface area contributed by atoms with Crippen molar-refractivity contribution in [3.63, 3.8) is 0 Å². The Morgan fingerprint density at radius 1 is 1.24 bits per heavy atom. The Bertz CT molecular complexity index is 498. The fourth-order valence-electron chi connectivity index (χ4n) is 2.72. The smallest absolute Gasteiger partial charge is 0.307 e. The SMILES string of the molecule is NS(=O)(=O)NC(=O)[C@H]1[C@H](C(=O)O)[C@H]2C=C[C@H]1C2. The molecule has 17 heavy (non-hydrogen) atoms. The van der Waals surface area contributed by atoms with Crippen molar-refractivity contribution in [3.8, 4) is 0 Å². The molecule has 0 aromatic rings. The van der Waals surface area contributed by atoms with Crippen molar-refractivity contribution in [1.29, 1.82) is 0 Å². The van der Waals surface area contributed by atoms with E-state index in [0.717, 1.165) is 0 Å². The largest absolute Gasteiger partial charge is 0.481 e. The molecule has 0 heterocycles. The lowest BCUT2D eigenvalue weighted by atomic mass is 9.83. The van der Waals surface area contributed by atoms with Gasteiger partial charge in [-0.1, -0.05) is 12.2 Å². The van der Waals surface area contributed by atoms with Crippen LogP contribution in [0.5, 0.6) is 0 Å². The number of nitrogens with two attached hydrogens (primary N) is 1. The molecular formula is C9H12N2O5S. The van der Waals surface area contributed by atoms with E-state index in [2.05, 4.69) is 0 Å². The van der Waals surface area contributed by atoms with Crippen LogP contribution < -0.4 is 9.86 Å². The third-order valence-electron chi connectivity index (χ3n) is 3.29. The summed E-state index contributed by atoms with van der Waals surface area (Å²) in [5, 5.41) is 13.8. The lowest BCUT2D eigenvalue weighted by molar-refractivity contribution is -0.147. The highest BCUT2D eigenvalue weighted by molar-refractivity contribution is 7.87. The van der Waals surface area contributed by atoms with Crippen LogP contribution in [-0.4, -0.2) is 25.4 Å². The average molecular weight is 260 g/mol. The van der Waals surface area contributed by atoms with E-state index in [4.69, 9.17) is 10.2 Å². The molecule has 1 saturated carbocycles. The molecule has 4 N–H and O–H groups in total. The second-order valence-electron chi connectivity index (χ2n) is 4.35. The third kappa shape index (κ3) is 2.18. The predicted octanol–water partition coefficient (Wildman–Crippen LogP) is -1.17. The van der Waals surface area contributed by atoms with Gasteiger partial charge in [-0.25, -0.2) is 9.86 Å². The van der Waals surface area contributed by atoms with Gasteiger partial charge in [-0.05, 0) is 18.3 Å². The zero-order valence-electron chi connectivity index (χ0n) is 8.74. The molecule has 2 bridgehead atoms.